The minimum absolute atomic E-state index is 0.144. The van der Waals surface area contributed by atoms with Crippen molar-refractivity contribution in [1.29, 1.82) is 0 Å². The van der Waals surface area contributed by atoms with E-state index in [1.807, 2.05) is 6.26 Å². The van der Waals surface area contributed by atoms with Crippen molar-refractivity contribution in [3.05, 3.63) is 0 Å². The Kier molecular flexibility index (Phi) is 20.1. The lowest BCUT2D eigenvalue weighted by atomic mass is 9.97. The molecule has 0 aromatic heterocycles. The van der Waals surface area contributed by atoms with Crippen LogP contribution in [0.5, 0.6) is 0 Å². The number of nitrogens with one attached hydrogen (secondary N) is 4. The van der Waals surface area contributed by atoms with Crippen LogP contribution in [0.2, 0.25) is 0 Å². The molecule has 0 bridgehead atoms. The van der Waals surface area contributed by atoms with Crippen molar-refractivity contribution in [2.75, 3.05) is 24.0 Å². The number of nitrogens with two attached hydrogens (primary N) is 1. The van der Waals surface area contributed by atoms with Gasteiger partial charge in [0.1, 0.15) is 24.2 Å². The lowest BCUT2D eigenvalue weighted by molar-refractivity contribution is -0.143. The SMILES string of the molecule is CCC(C)C(NC(=O)C(CCC(=O)O)NC(=O)C(CCC(=O)O)NC(=O)C(N)CCSC)C(=O)NC(CCSC)C(=O)O. The van der Waals surface area contributed by atoms with Gasteiger partial charge in [0.2, 0.25) is 23.6 Å². The molecule has 0 rings (SSSR count). The molecule has 0 aromatic rings. The van der Waals surface area contributed by atoms with Crippen LogP contribution in [0.15, 0.2) is 0 Å². The van der Waals surface area contributed by atoms with E-state index in [1.54, 1.807) is 20.1 Å². The normalized spacial score (nSPS) is 15.1. The lowest BCUT2D eigenvalue weighted by Gasteiger charge is -2.28. The highest BCUT2D eigenvalue weighted by Crippen LogP contribution is 2.12. The largest absolute Gasteiger partial charge is 0.481 e. The fourth-order valence-electron chi connectivity index (χ4n) is 3.71. The molecule has 0 spiro atoms. The van der Waals surface area contributed by atoms with E-state index in [9.17, 15) is 43.8 Å². The van der Waals surface area contributed by atoms with Gasteiger partial charge in [-0.05, 0) is 55.6 Å². The molecule has 0 aliphatic carbocycles. The monoisotopic (exact) mass is 651 g/mol. The van der Waals surface area contributed by atoms with E-state index in [0.29, 0.717) is 24.3 Å². The first-order chi connectivity index (χ1) is 20.2. The molecule has 0 heterocycles. The summed E-state index contributed by atoms with van der Waals surface area (Å²) in [5.41, 5.74) is 5.86. The molecule has 43 heavy (non-hydrogen) atoms. The second-order valence-corrected chi connectivity index (χ2v) is 11.9. The summed E-state index contributed by atoms with van der Waals surface area (Å²) in [7, 11) is 0. The maximum atomic E-state index is 13.3. The van der Waals surface area contributed by atoms with Gasteiger partial charge in [-0.3, -0.25) is 28.8 Å². The van der Waals surface area contributed by atoms with E-state index in [2.05, 4.69) is 21.3 Å². The molecule has 0 fully saturated rings. The number of carboxylic acid groups (broad SMARTS) is 3. The number of hydrogen-bond donors (Lipinski definition) is 8. The molecule has 6 unspecified atom stereocenters. The van der Waals surface area contributed by atoms with Crippen LogP contribution in [0, 0.1) is 5.92 Å². The highest BCUT2D eigenvalue weighted by atomic mass is 32.2. The van der Waals surface area contributed by atoms with Crippen LogP contribution in [0.1, 0.15) is 58.8 Å². The average molecular weight is 652 g/mol. The van der Waals surface area contributed by atoms with Crippen molar-refractivity contribution < 1.29 is 48.9 Å². The Hall–Kier alpha value is -3.05. The number of carbonyl (C=O) groups is 7. The predicted molar refractivity (Wildman–Crippen MR) is 163 cm³/mol. The first-order valence-electron chi connectivity index (χ1n) is 13.8. The Morgan fingerprint density at radius 2 is 1.09 bits per heavy atom. The van der Waals surface area contributed by atoms with Crippen molar-refractivity contribution in [2.45, 2.75) is 89.0 Å². The van der Waals surface area contributed by atoms with Gasteiger partial charge in [0.15, 0.2) is 0 Å². The van der Waals surface area contributed by atoms with Crippen LogP contribution in [0.25, 0.3) is 0 Å². The van der Waals surface area contributed by atoms with Crippen LogP contribution >= 0.6 is 23.5 Å². The first kappa shape index (κ1) is 40.0. The van der Waals surface area contributed by atoms with Gasteiger partial charge < -0.3 is 42.3 Å². The Labute approximate surface area is 259 Å². The number of carboxylic acids is 3. The molecule has 0 saturated carbocycles. The van der Waals surface area contributed by atoms with E-state index in [4.69, 9.17) is 10.8 Å². The summed E-state index contributed by atoms with van der Waals surface area (Å²) in [4.78, 5) is 86.3. The molecule has 15 nitrogen and oxygen atoms in total. The third kappa shape index (κ3) is 16.4. The third-order valence-corrected chi connectivity index (χ3v) is 7.84. The molecule has 4 amide bonds. The zero-order chi connectivity index (χ0) is 33.1. The fraction of sp³-hybridized carbons (Fsp3) is 0.731. The van der Waals surface area contributed by atoms with E-state index >= 15 is 0 Å². The van der Waals surface area contributed by atoms with Gasteiger partial charge in [-0.1, -0.05) is 20.3 Å². The number of thioether (sulfide) groups is 2. The van der Waals surface area contributed by atoms with E-state index in [0.717, 1.165) is 0 Å². The number of aliphatic carboxylic acids is 3. The number of carbonyl (C=O) groups excluding carboxylic acids is 4. The van der Waals surface area contributed by atoms with Crippen molar-refractivity contribution in [2.24, 2.45) is 11.7 Å². The number of amides is 4. The fourth-order valence-corrected chi connectivity index (χ4v) is 4.67. The van der Waals surface area contributed by atoms with Crippen LogP contribution in [0.4, 0.5) is 0 Å². The van der Waals surface area contributed by atoms with Crippen molar-refractivity contribution in [1.82, 2.24) is 21.3 Å². The number of hydrogen-bond acceptors (Lipinski definition) is 10. The van der Waals surface area contributed by atoms with Crippen LogP contribution in [-0.2, 0) is 33.6 Å². The smallest absolute Gasteiger partial charge is 0.326 e. The zero-order valence-electron chi connectivity index (χ0n) is 24.9. The van der Waals surface area contributed by atoms with Crippen LogP contribution in [0.3, 0.4) is 0 Å². The molecule has 0 radical (unpaired) electrons. The van der Waals surface area contributed by atoms with Crippen molar-refractivity contribution in [3.8, 4) is 0 Å². The van der Waals surface area contributed by atoms with Gasteiger partial charge in [0.25, 0.3) is 0 Å². The second-order valence-electron chi connectivity index (χ2n) is 9.93. The van der Waals surface area contributed by atoms with Crippen molar-refractivity contribution >= 4 is 65.1 Å². The number of rotatable bonds is 23. The Morgan fingerprint density at radius 3 is 1.53 bits per heavy atom. The van der Waals surface area contributed by atoms with Gasteiger partial charge in [0.05, 0.1) is 6.04 Å². The van der Waals surface area contributed by atoms with E-state index < -0.39 is 90.5 Å². The minimum atomic E-state index is -1.48. The van der Waals surface area contributed by atoms with Gasteiger partial charge in [-0.25, -0.2) is 4.79 Å². The maximum absolute atomic E-state index is 13.3. The van der Waals surface area contributed by atoms with E-state index in [1.165, 1.54) is 23.5 Å². The molecular weight excluding hydrogens is 606 g/mol. The Bertz CT molecular complexity index is 971. The Morgan fingerprint density at radius 1 is 0.651 bits per heavy atom. The molecule has 9 N–H and O–H groups in total. The third-order valence-electron chi connectivity index (χ3n) is 6.55. The molecule has 0 aliphatic heterocycles. The summed E-state index contributed by atoms with van der Waals surface area (Å²) in [6, 6.07) is -6.27. The topological polar surface area (TPSA) is 254 Å². The van der Waals surface area contributed by atoms with Gasteiger partial charge in [-0.2, -0.15) is 23.5 Å². The molecule has 0 saturated heterocycles. The first-order valence-corrected chi connectivity index (χ1v) is 16.6. The summed E-state index contributed by atoms with van der Waals surface area (Å²) in [5.74, 6) is -6.51. The van der Waals surface area contributed by atoms with Crippen LogP contribution in [-0.4, -0.2) is 111 Å². The summed E-state index contributed by atoms with van der Waals surface area (Å²) >= 11 is 2.85. The summed E-state index contributed by atoms with van der Waals surface area (Å²) < 4.78 is 0. The maximum Gasteiger partial charge on any atom is 0.326 e. The molecule has 0 aliphatic rings. The highest BCUT2D eigenvalue weighted by molar-refractivity contribution is 7.98. The summed E-state index contributed by atoms with van der Waals surface area (Å²) in [5, 5.41) is 37.5. The second kappa shape index (κ2) is 21.6. The minimum Gasteiger partial charge on any atom is -0.481 e. The van der Waals surface area contributed by atoms with Crippen molar-refractivity contribution in [3.63, 3.8) is 0 Å². The van der Waals surface area contributed by atoms with Gasteiger partial charge in [0, 0.05) is 12.8 Å². The van der Waals surface area contributed by atoms with Gasteiger partial charge in [-0.15, -0.1) is 0 Å². The van der Waals surface area contributed by atoms with Gasteiger partial charge >= 0.3 is 17.9 Å². The lowest BCUT2D eigenvalue weighted by Crippen LogP contribution is -2.59. The quantitative estimate of drug-likeness (QED) is 0.0702. The summed E-state index contributed by atoms with van der Waals surface area (Å²) in [6.45, 7) is 3.41. The predicted octanol–water partition coefficient (Wildman–Crippen LogP) is -0.381. The molecule has 6 atom stereocenters. The summed E-state index contributed by atoms with van der Waals surface area (Å²) in [6.07, 6.45) is 2.69. The highest BCUT2D eigenvalue weighted by Gasteiger charge is 2.34. The van der Waals surface area contributed by atoms with Crippen LogP contribution < -0.4 is 27.0 Å². The molecule has 246 valence electrons. The van der Waals surface area contributed by atoms with E-state index in [-0.39, 0.29) is 19.3 Å². The molecular formula is C26H45N5O10S2. The standard InChI is InChI=1S/C26H45N5O10S2/c1-5-14(2)21(25(39)30-18(26(40)41)11-13-43-4)31-24(38)17(7-9-20(34)35)29-23(37)16(6-8-19(32)33)28-22(36)15(27)10-12-42-3/h14-18,21H,5-13,27H2,1-4H3,(H,28,36)(H,29,37)(H,30,39)(H,31,38)(H,32,33)(H,34,35)(H,40,41). The Balaban J connectivity index is 5.97. The molecule has 17 heteroatoms. The average Bonchev–Trinajstić information content (AvgIpc) is 2.95. The zero-order valence-corrected chi connectivity index (χ0v) is 26.6. The molecule has 0 aromatic carbocycles.